The summed E-state index contributed by atoms with van der Waals surface area (Å²) in [5.74, 6) is 0.0717. The fraction of sp³-hybridized carbons (Fsp3) is 0.321. The van der Waals surface area contributed by atoms with E-state index in [0.29, 0.717) is 12.1 Å². The largest absolute Gasteiger partial charge is 0.370 e. The van der Waals surface area contributed by atoms with E-state index in [1.807, 2.05) is 11.0 Å². The molecular weight excluding hydrogens is 422 g/mol. The molecule has 0 saturated carbocycles. The lowest BCUT2D eigenvalue weighted by atomic mass is 9.99. The highest BCUT2D eigenvalue weighted by atomic mass is 16.2. The molecule has 1 aromatic heterocycles. The number of carbonyl (C=O) groups is 1. The van der Waals surface area contributed by atoms with Gasteiger partial charge in [-0.2, -0.15) is 15.0 Å². The van der Waals surface area contributed by atoms with Crippen molar-refractivity contribution >= 4 is 22.4 Å². The van der Waals surface area contributed by atoms with E-state index in [9.17, 15) is 4.79 Å². The van der Waals surface area contributed by atoms with Gasteiger partial charge in [0, 0.05) is 31.9 Å². The van der Waals surface area contributed by atoms with E-state index >= 15 is 0 Å². The van der Waals surface area contributed by atoms with E-state index < -0.39 is 0 Å². The molecule has 4 aliphatic rings. The van der Waals surface area contributed by atoms with Crippen molar-refractivity contribution in [3.8, 4) is 5.69 Å². The number of amides is 1. The van der Waals surface area contributed by atoms with Crippen LogP contribution in [0.1, 0.15) is 40.7 Å². The molecule has 0 N–H and O–H groups in total. The fourth-order valence-electron chi connectivity index (χ4n) is 5.27. The van der Waals surface area contributed by atoms with Gasteiger partial charge in [0.25, 0.3) is 5.91 Å². The van der Waals surface area contributed by atoms with Crippen LogP contribution in [0.2, 0.25) is 0 Å². The molecule has 1 amide bonds. The normalized spacial score (nSPS) is 16.9. The third kappa shape index (κ3) is 4.04. The minimum atomic E-state index is 0.0717. The summed E-state index contributed by atoms with van der Waals surface area (Å²) in [5, 5.41) is 11.2. The number of nitrogens with zero attached hydrogens (tertiary/aromatic N) is 5. The van der Waals surface area contributed by atoms with Crippen molar-refractivity contribution in [2.45, 2.75) is 32.1 Å². The third-order valence-corrected chi connectivity index (χ3v) is 7.14. The van der Waals surface area contributed by atoms with Crippen LogP contribution in [0.15, 0.2) is 67.0 Å². The van der Waals surface area contributed by atoms with Gasteiger partial charge in [-0.15, -0.1) is 0 Å². The maximum absolute atomic E-state index is 13.8. The molecule has 4 aliphatic heterocycles. The number of hydrogen-bond acceptors (Lipinski definition) is 4. The number of rotatable bonds is 1. The van der Waals surface area contributed by atoms with Crippen LogP contribution >= 0.6 is 0 Å². The predicted octanol–water partition coefficient (Wildman–Crippen LogP) is 4.65. The van der Waals surface area contributed by atoms with Gasteiger partial charge in [0.05, 0.1) is 23.6 Å². The molecule has 0 radical (unpaired) electrons. The highest BCUT2D eigenvalue weighted by Gasteiger charge is 2.24. The van der Waals surface area contributed by atoms with Gasteiger partial charge >= 0.3 is 0 Å². The average Bonchev–Trinajstić information content (AvgIpc) is 3.29. The first kappa shape index (κ1) is 20.9. The summed E-state index contributed by atoms with van der Waals surface area (Å²) < 4.78 is 0. The molecule has 0 unspecified atom stereocenters. The van der Waals surface area contributed by atoms with Crippen molar-refractivity contribution in [2.75, 3.05) is 31.1 Å². The molecule has 1 saturated heterocycles. The van der Waals surface area contributed by atoms with Crippen molar-refractivity contribution in [1.82, 2.24) is 19.9 Å². The molecular formula is C28H29N5O. The van der Waals surface area contributed by atoms with Crippen molar-refractivity contribution < 1.29 is 4.79 Å². The average molecular weight is 452 g/mol. The Kier molecular flexibility index (Phi) is 5.49. The predicted molar refractivity (Wildman–Crippen MR) is 135 cm³/mol. The van der Waals surface area contributed by atoms with Crippen LogP contribution < -0.4 is 4.90 Å². The summed E-state index contributed by atoms with van der Waals surface area (Å²) >= 11 is 0. The highest BCUT2D eigenvalue weighted by molar-refractivity contribution is 5.98. The molecule has 172 valence electrons. The number of benzene rings is 3. The van der Waals surface area contributed by atoms with Crippen LogP contribution in [-0.2, 0) is 12.8 Å². The Morgan fingerprint density at radius 2 is 1.32 bits per heavy atom. The van der Waals surface area contributed by atoms with Crippen LogP contribution in [0.25, 0.3) is 16.5 Å². The SMILES string of the molecule is O=C1c2cc(ccc2-n2nccn2)CCCCc2ccc3cc(ccc3c2)N2CCCN1CC2. The van der Waals surface area contributed by atoms with Gasteiger partial charge in [0.15, 0.2) is 0 Å². The third-order valence-electron chi connectivity index (χ3n) is 7.14. The first-order valence-electron chi connectivity index (χ1n) is 12.3. The number of fused-ring (bicyclic) bond motifs is 2. The molecule has 4 aromatic rings. The number of aryl methyl sites for hydroxylation is 2. The lowest BCUT2D eigenvalue weighted by Crippen LogP contribution is -2.36. The summed E-state index contributed by atoms with van der Waals surface area (Å²) in [7, 11) is 0. The van der Waals surface area contributed by atoms with Crippen LogP contribution in [-0.4, -0.2) is 52.0 Å². The zero-order valence-corrected chi connectivity index (χ0v) is 19.4. The molecule has 0 aliphatic carbocycles. The van der Waals surface area contributed by atoms with E-state index in [1.165, 1.54) is 27.6 Å². The maximum atomic E-state index is 13.8. The molecule has 6 nitrogen and oxygen atoms in total. The van der Waals surface area contributed by atoms with E-state index in [4.69, 9.17) is 0 Å². The van der Waals surface area contributed by atoms with Crippen molar-refractivity contribution in [1.29, 1.82) is 0 Å². The molecule has 5 heterocycles. The van der Waals surface area contributed by atoms with Crippen molar-refractivity contribution in [2.24, 2.45) is 0 Å². The summed E-state index contributed by atoms with van der Waals surface area (Å²) in [6.07, 6.45) is 8.48. The molecule has 8 rings (SSSR count). The number of aromatic nitrogens is 3. The monoisotopic (exact) mass is 451 g/mol. The van der Waals surface area contributed by atoms with E-state index in [1.54, 1.807) is 17.2 Å². The Hall–Kier alpha value is -3.67. The van der Waals surface area contributed by atoms with Gasteiger partial charge in [-0.25, -0.2) is 0 Å². The van der Waals surface area contributed by atoms with Gasteiger partial charge in [-0.1, -0.05) is 30.3 Å². The summed E-state index contributed by atoms with van der Waals surface area (Å²) in [5.41, 5.74) is 5.27. The second-order valence-electron chi connectivity index (χ2n) is 9.38. The second kappa shape index (κ2) is 8.93. The standard InChI is InChI=1S/C28H29N5O/c34-28-26-19-22(7-11-27(26)33-29-12-13-30-33)5-2-1-4-21-6-8-24-20-25(10-9-23(24)18-21)31-14-3-15-32(28)17-16-31/h6-13,18-20H,1-5,14-17H2. The molecule has 6 heteroatoms. The van der Waals surface area contributed by atoms with E-state index in [-0.39, 0.29) is 5.91 Å². The van der Waals surface area contributed by atoms with Gasteiger partial charge in [-0.3, -0.25) is 4.79 Å². The Morgan fingerprint density at radius 1 is 0.647 bits per heavy atom. The molecule has 0 spiro atoms. The smallest absolute Gasteiger partial charge is 0.256 e. The van der Waals surface area contributed by atoms with Gasteiger partial charge in [0.2, 0.25) is 0 Å². The Morgan fingerprint density at radius 3 is 2.18 bits per heavy atom. The molecule has 0 atom stereocenters. The first-order chi connectivity index (χ1) is 16.7. The van der Waals surface area contributed by atoms with Gasteiger partial charge in [-0.05, 0) is 78.3 Å². The summed E-state index contributed by atoms with van der Waals surface area (Å²) in [6.45, 7) is 3.22. The van der Waals surface area contributed by atoms with E-state index in [2.05, 4.69) is 63.6 Å². The Labute approximate surface area is 199 Å². The van der Waals surface area contributed by atoms with Crippen LogP contribution in [0.4, 0.5) is 5.69 Å². The Bertz CT molecular complexity index is 1330. The zero-order chi connectivity index (χ0) is 22.9. The summed E-state index contributed by atoms with van der Waals surface area (Å²) in [4.78, 5) is 19.8. The maximum Gasteiger partial charge on any atom is 0.256 e. The van der Waals surface area contributed by atoms with Gasteiger partial charge in [0.1, 0.15) is 0 Å². The fourth-order valence-corrected chi connectivity index (χ4v) is 5.27. The minimum absolute atomic E-state index is 0.0717. The highest BCUT2D eigenvalue weighted by Crippen LogP contribution is 2.26. The van der Waals surface area contributed by atoms with Crippen molar-refractivity contribution in [3.05, 3.63) is 83.7 Å². The molecule has 1 fully saturated rings. The number of carbonyl (C=O) groups excluding carboxylic acids is 1. The first-order valence-corrected chi connectivity index (χ1v) is 12.3. The lowest BCUT2D eigenvalue weighted by molar-refractivity contribution is 0.0766. The molecule has 3 aromatic carbocycles. The van der Waals surface area contributed by atoms with Gasteiger partial charge < -0.3 is 9.80 Å². The number of anilines is 1. The zero-order valence-electron chi connectivity index (χ0n) is 19.4. The lowest BCUT2D eigenvalue weighted by Gasteiger charge is -2.25. The number of hydrogen-bond donors (Lipinski definition) is 0. The van der Waals surface area contributed by atoms with Crippen LogP contribution in [0.3, 0.4) is 0 Å². The molecule has 8 bridgehead atoms. The quantitative estimate of drug-likeness (QED) is 0.423. The van der Waals surface area contributed by atoms with Crippen LogP contribution in [0.5, 0.6) is 0 Å². The second-order valence-corrected chi connectivity index (χ2v) is 9.38. The van der Waals surface area contributed by atoms with Crippen molar-refractivity contribution in [3.63, 3.8) is 0 Å². The van der Waals surface area contributed by atoms with E-state index in [0.717, 1.165) is 57.4 Å². The Balaban J connectivity index is 1.39. The summed E-state index contributed by atoms with van der Waals surface area (Å²) in [6, 6.07) is 19.8. The minimum Gasteiger partial charge on any atom is -0.370 e. The molecule has 34 heavy (non-hydrogen) atoms. The topological polar surface area (TPSA) is 54.3 Å². The van der Waals surface area contributed by atoms with Crippen LogP contribution in [0, 0.1) is 0 Å².